The van der Waals surface area contributed by atoms with Gasteiger partial charge in [0.2, 0.25) is 11.8 Å². The van der Waals surface area contributed by atoms with Crippen LogP contribution in [0.15, 0.2) is 22.6 Å². The average molecular weight is 262 g/mol. The minimum absolute atomic E-state index is 0.0250. The van der Waals surface area contributed by atoms with Gasteiger partial charge in [0, 0.05) is 17.2 Å². The zero-order valence-corrected chi connectivity index (χ0v) is 10.7. The molecule has 1 atom stereocenters. The Morgan fingerprint density at radius 1 is 1.47 bits per heavy atom. The molecule has 0 aliphatic heterocycles. The predicted molar refractivity (Wildman–Crippen MR) is 68.3 cm³/mol. The first-order chi connectivity index (χ1) is 9.04. The number of benzene rings is 1. The standard InChI is InChI=1S/C12H14N4O3/c1-3-9(13)12-15-14-11(19-12)8-5-4-6-10(7(8)2)16(17)18/h4-6,9H,3,13H2,1-2H3. The van der Waals surface area contributed by atoms with Crippen LogP contribution in [-0.2, 0) is 0 Å². The highest BCUT2D eigenvalue weighted by molar-refractivity contribution is 5.64. The van der Waals surface area contributed by atoms with Crippen LogP contribution in [0.1, 0.15) is 30.8 Å². The molecule has 2 aromatic rings. The van der Waals surface area contributed by atoms with E-state index in [1.54, 1.807) is 19.1 Å². The maximum absolute atomic E-state index is 10.9. The lowest BCUT2D eigenvalue weighted by Gasteiger charge is -2.02. The molecule has 1 heterocycles. The lowest BCUT2D eigenvalue weighted by atomic mass is 10.1. The molecule has 1 aromatic carbocycles. The third kappa shape index (κ3) is 2.45. The van der Waals surface area contributed by atoms with Crippen molar-refractivity contribution >= 4 is 5.69 Å². The van der Waals surface area contributed by atoms with Crippen molar-refractivity contribution in [1.82, 2.24) is 10.2 Å². The highest BCUT2D eigenvalue weighted by atomic mass is 16.6. The van der Waals surface area contributed by atoms with E-state index in [2.05, 4.69) is 10.2 Å². The van der Waals surface area contributed by atoms with Crippen LogP contribution in [0.25, 0.3) is 11.5 Å². The molecule has 0 amide bonds. The first kappa shape index (κ1) is 13.2. The van der Waals surface area contributed by atoms with Gasteiger partial charge < -0.3 is 10.2 Å². The molecular formula is C12H14N4O3. The van der Waals surface area contributed by atoms with Gasteiger partial charge in [-0.15, -0.1) is 10.2 Å². The van der Waals surface area contributed by atoms with Crippen molar-refractivity contribution in [2.75, 3.05) is 0 Å². The maximum atomic E-state index is 10.9. The van der Waals surface area contributed by atoms with Crippen LogP contribution in [0.3, 0.4) is 0 Å². The minimum atomic E-state index is -0.437. The van der Waals surface area contributed by atoms with Crippen LogP contribution < -0.4 is 5.73 Å². The van der Waals surface area contributed by atoms with Gasteiger partial charge in [0.1, 0.15) is 0 Å². The largest absolute Gasteiger partial charge is 0.419 e. The van der Waals surface area contributed by atoms with Gasteiger partial charge in [0.15, 0.2) is 0 Å². The van der Waals surface area contributed by atoms with Gasteiger partial charge >= 0.3 is 0 Å². The van der Waals surface area contributed by atoms with Crippen LogP contribution in [0.2, 0.25) is 0 Å². The van der Waals surface area contributed by atoms with E-state index in [1.165, 1.54) is 6.07 Å². The quantitative estimate of drug-likeness (QED) is 0.669. The third-order valence-electron chi connectivity index (χ3n) is 2.93. The van der Waals surface area contributed by atoms with Crippen LogP contribution in [-0.4, -0.2) is 15.1 Å². The molecule has 7 heteroatoms. The molecule has 2 N–H and O–H groups in total. The van der Waals surface area contributed by atoms with Crippen molar-refractivity contribution in [2.24, 2.45) is 5.73 Å². The number of aromatic nitrogens is 2. The van der Waals surface area contributed by atoms with Crippen molar-refractivity contribution in [1.29, 1.82) is 0 Å². The molecule has 0 spiro atoms. The first-order valence-corrected chi connectivity index (χ1v) is 5.88. The average Bonchev–Trinajstić information content (AvgIpc) is 2.87. The summed E-state index contributed by atoms with van der Waals surface area (Å²) in [6, 6.07) is 4.41. The molecule has 1 aromatic heterocycles. The molecular weight excluding hydrogens is 248 g/mol. The number of nitrogens with zero attached hydrogens (tertiary/aromatic N) is 3. The molecule has 7 nitrogen and oxygen atoms in total. The van der Waals surface area contributed by atoms with E-state index in [1.807, 2.05) is 6.92 Å². The monoisotopic (exact) mass is 262 g/mol. The number of nitrogens with two attached hydrogens (primary N) is 1. The van der Waals surface area contributed by atoms with E-state index in [0.717, 1.165) is 0 Å². The number of hydrogen-bond donors (Lipinski definition) is 1. The normalized spacial score (nSPS) is 12.4. The lowest BCUT2D eigenvalue weighted by molar-refractivity contribution is -0.385. The van der Waals surface area contributed by atoms with E-state index < -0.39 is 4.92 Å². The van der Waals surface area contributed by atoms with Crippen molar-refractivity contribution in [2.45, 2.75) is 26.3 Å². The summed E-state index contributed by atoms with van der Waals surface area (Å²) in [6.45, 7) is 3.56. The van der Waals surface area contributed by atoms with Crippen molar-refractivity contribution in [3.05, 3.63) is 39.8 Å². The molecule has 100 valence electrons. The zero-order chi connectivity index (χ0) is 14.0. The number of nitro benzene ring substituents is 1. The molecule has 0 fully saturated rings. The predicted octanol–water partition coefficient (Wildman–Crippen LogP) is 2.36. The summed E-state index contributed by atoms with van der Waals surface area (Å²) in [5.41, 5.74) is 6.87. The van der Waals surface area contributed by atoms with Crippen molar-refractivity contribution < 1.29 is 9.34 Å². The van der Waals surface area contributed by atoms with E-state index in [-0.39, 0.29) is 17.6 Å². The Morgan fingerprint density at radius 3 is 2.84 bits per heavy atom. The second-order valence-electron chi connectivity index (χ2n) is 4.17. The summed E-state index contributed by atoms with van der Waals surface area (Å²) in [6.07, 6.45) is 0.676. The fourth-order valence-electron chi connectivity index (χ4n) is 1.72. The summed E-state index contributed by atoms with van der Waals surface area (Å²) in [4.78, 5) is 10.4. The molecule has 0 saturated carbocycles. The van der Waals surface area contributed by atoms with E-state index in [9.17, 15) is 10.1 Å². The molecule has 0 radical (unpaired) electrons. The fraction of sp³-hybridized carbons (Fsp3) is 0.333. The number of nitro groups is 1. The molecule has 0 saturated heterocycles. The highest BCUT2D eigenvalue weighted by Gasteiger charge is 2.19. The van der Waals surface area contributed by atoms with Gasteiger partial charge in [0.05, 0.1) is 11.0 Å². The van der Waals surface area contributed by atoms with Crippen LogP contribution in [0, 0.1) is 17.0 Å². The Hall–Kier alpha value is -2.28. The third-order valence-corrected chi connectivity index (χ3v) is 2.93. The Kier molecular flexibility index (Phi) is 3.57. The first-order valence-electron chi connectivity index (χ1n) is 5.88. The highest BCUT2D eigenvalue weighted by Crippen LogP contribution is 2.29. The van der Waals surface area contributed by atoms with Gasteiger partial charge in [-0.1, -0.05) is 13.0 Å². The van der Waals surface area contributed by atoms with E-state index >= 15 is 0 Å². The van der Waals surface area contributed by atoms with E-state index in [0.29, 0.717) is 23.4 Å². The van der Waals surface area contributed by atoms with Gasteiger partial charge in [-0.2, -0.15) is 0 Å². The molecule has 0 bridgehead atoms. The summed E-state index contributed by atoms with van der Waals surface area (Å²) < 4.78 is 5.47. The van der Waals surface area contributed by atoms with Gasteiger partial charge in [-0.05, 0) is 19.4 Å². The lowest BCUT2D eigenvalue weighted by Crippen LogP contribution is -2.08. The molecule has 2 rings (SSSR count). The number of hydrogen-bond acceptors (Lipinski definition) is 6. The Balaban J connectivity index is 2.45. The Morgan fingerprint density at radius 2 is 2.21 bits per heavy atom. The molecule has 0 aliphatic rings. The Labute approximate surface area is 109 Å². The molecule has 19 heavy (non-hydrogen) atoms. The second-order valence-corrected chi connectivity index (χ2v) is 4.17. The maximum Gasteiger partial charge on any atom is 0.273 e. The summed E-state index contributed by atoms with van der Waals surface area (Å²) in [5, 5.41) is 18.6. The van der Waals surface area contributed by atoms with Crippen LogP contribution in [0.4, 0.5) is 5.69 Å². The SMILES string of the molecule is CCC(N)c1nnc(-c2cccc([N+](=O)[O-])c2C)o1. The van der Waals surface area contributed by atoms with Crippen molar-refractivity contribution in [3.63, 3.8) is 0 Å². The van der Waals surface area contributed by atoms with Gasteiger partial charge in [-0.3, -0.25) is 10.1 Å². The number of rotatable bonds is 4. The molecule has 0 aliphatic carbocycles. The van der Waals surface area contributed by atoms with Gasteiger partial charge in [0.25, 0.3) is 5.69 Å². The smallest absolute Gasteiger partial charge is 0.273 e. The van der Waals surface area contributed by atoms with Crippen LogP contribution >= 0.6 is 0 Å². The Bertz CT molecular complexity index is 609. The summed E-state index contributed by atoms with van der Waals surface area (Å²) >= 11 is 0. The van der Waals surface area contributed by atoms with Gasteiger partial charge in [-0.25, -0.2) is 0 Å². The van der Waals surface area contributed by atoms with Crippen molar-refractivity contribution in [3.8, 4) is 11.5 Å². The summed E-state index contributed by atoms with van der Waals surface area (Å²) in [7, 11) is 0. The second kappa shape index (κ2) is 5.15. The topological polar surface area (TPSA) is 108 Å². The van der Waals surface area contributed by atoms with E-state index in [4.69, 9.17) is 10.2 Å². The fourth-order valence-corrected chi connectivity index (χ4v) is 1.72. The molecule has 1 unspecified atom stereocenters. The summed E-state index contributed by atoms with van der Waals surface area (Å²) in [5.74, 6) is 0.587. The zero-order valence-electron chi connectivity index (χ0n) is 10.7. The van der Waals surface area contributed by atoms with Crippen LogP contribution in [0.5, 0.6) is 0 Å². The minimum Gasteiger partial charge on any atom is -0.419 e.